The van der Waals surface area contributed by atoms with Crippen molar-refractivity contribution in [2.75, 3.05) is 20.2 Å². The molecule has 0 bridgehead atoms. The van der Waals surface area contributed by atoms with Crippen molar-refractivity contribution in [1.29, 1.82) is 0 Å². The third-order valence-corrected chi connectivity index (χ3v) is 3.39. The highest BCUT2D eigenvalue weighted by molar-refractivity contribution is 6.32. The number of nitrogens with one attached hydrogen (secondary N) is 1. The molecule has 1 aliphatic rings. The molecule has 1 aliphatic heterocycles. The summed E-state index contributed by atoms with van der Waals surface area (Å²) >= 11 is 6.10. The summed E-state index contributed by atoms with van der Waals surface area (Å²) in [5, 5.41) is 12.1. The summed E-state index contributed by atoms with van der Waals surface area (Å²) in [5.74, 6) is 0.663. The van der Waals surface area contributed by atoms with Crippen LogP contribution in [0.5, 0.6) is 5.75 Å². The maximum absolute atomic E-state index is 6.10. The number of nitrogens with zero attached hydrogens (tertiary/aromatic N) is 3. The second-order valence-electron chi connectivity index (χ2n) is 4.25. The SMILES string of the molecule is COc1ccc(-c2cn(C3CNC3)nn2)cc1Cl. The number of ether oxygens (including phenoxy) is 1. The predicted octanol–water partition coefficient (Wildman–Crippen LogP) is 1.75. The van der Waals surface area contributed by atoms with Crippen LogP contribution in [0.2, 0.25) is 5.02 Å². The number of aromatic nitrogens is 3. The molecule has 0 aliphatic carbocycles. The highest BCUT2D eigenvalue weighted by Gasteiger charge is 2.20. The van der Waals surface area contributed by atoms with Crippen LogP contribution in [0, 0.1) is 0 Å². The summed E-state index contributed by atoms with van der Waals surface area (Å²) < 4.78 is 7.02. The topological polar surface area (TPSA) is 52.0 Å². The van der Waals surface area contributed by atoms with E-state index in [1.807, 2.05) is 29.1 Å². The molecule has 0 unspecified atom stereocenters. The van der Waals surface area contributed by atoms with E-state index in [2.05, 4.69) is 15.6 Å². The zero-order chi connectivity index (χ0) is 12.5. The average Bonchev–Trinajstić information content (AvgIpc) is 2.76. The lowest BCUT2D eigenvalue weighted by molar-refractivity contribution is 0.313. The molecule has 1 aromatic carbocycles. The van der Waals surface area contributed by atoms with Gasteiger partial charge in [0.25, 0.3) is 0 Å². The van der Waals surface area contributed by atoms with Crippen LogP contribution < -0.4 is 10.1 Å². The number of benzene rings is 1. The molecule has 0 spiro atoms. The van der Waals surface area contributed by atoms with Crippen molar-refractivity contribution in [1.82, 2.24) is 20.3 Å². The second kappa shape index (κ2) is 4.59. The van der Waals surface area contributed by atoms with E-state index in [0.29, 0.717) is 16.8 Å². The van der Waals surface area contributed by atoms with E-state index in [9.17, 15) is 0 Å². The van der Waals surface area contributed by atoms with Gasteiger partial charge in [0.2, 0.25) is 0 Å². The summed E-state index contributed by atoms with van der Waals surface area (Å²) in [4.78, 5) is 0. The lowest BCUT2D eigenvalue weighted by atomic mass is 10.1. The first-order valence-corrected chi connectivity index (χ1v) is 6.12. The van der Waals surface area contributed by atoms with Crippen molar-refractivity contribution in [3.8, 4) is 17.0 Å². The van der Waals surface area contributed by atoms with Gasteiger partial charge in [0.05, 0.1) is 24.4 Å². The van der Waals surface area contributed by atoms with Crippen LogP contribution in [0.1, 0.15) is 6.04 Å². The number of methoxy groups -OCH3 is 1. The molecule has 94 valence electrons. The Kier molecular flexibility index (Phi) is 2.93. The van der Waals surface area contributed by atoms with Gasteiger partial charge >= 0.3 is 0 Å². The van der Waals surface area contributed by atoms with E-state index < -0.39 is 0 Å². The van der Waals surface area contributed by atoms with E-state index in [0.717, 1.165) is 24.3 Å². The van der Waals surface area contributed by atoms with Gasteiger partial charge in [-0.3, -0.25) is 0 Å². The van der Waals surface area contributed by atoms with Gasteiger partial charge < -0.3 is 10.1 Å². The summed E-state index contributed by atoms with van der Waals surface area (Å²) in [6.45, 7) is 1.90. The van der Waals surface area contributed by atoms with Crippen LogP contribution in [-0.2, 0) is 0 Å². The van der Waals surface area contributed by atoms with Crippen molar-refractivity contribution in [3.63, 3.8) is 0 Å². The van der Waals surface area contributed by atoms with Crippen LogP contribution in [0.4, 0.5) is 0 Å². The second-order valence-corrected chi connectivity index (χ2v) is 4.65. The van der Waals surface area contributed by atoms with E-state index >= 15 is 0 Å². The molecule has 5 nitrogen and oxygen atoms in total. The molecule has 0 atom stereocenters. The molecule has 0 radical (unpaired) electrons. The predicted molar refractivity (Wildman–Crippen MR) is 68.9 cm³/mol. The largest absolute Gasteiger partial charge is 0.495 e. The fourth-order valence-electron chi connectivity index (χ4n) is 1.87. The zero-order valence-corrected chi connectivity index (χ0v) is 10.7. The Balaban J connectivity index is 1.89. The van der Waals surface area contributed by atoms with Crippen LogP contribution in [0.15, 0.2) is 24.4 Å². The van der Waals surface area contributed by atoms with Crippen molar-refractivity contribution < 1.29 is 4.74 Å². The van der Waals surface area contributed by atoms with Crippen LogP contribution in [-0.4, -0.2) is 35.2 Å². The van der Waals surface area contributed by atoms with E-state index in [1.54, 1.807) is 7.11 Å². The Hall–Kier alpha value is -1.59. The van der Waals surface area contributed by atoms with Crippen LogP contribution >= 0.6 is 11.6 Å². The van der Waals surface area contributed by atoms with Gasteiger partial charge in [-0.15, -0.1) is 5.10 Å². The first-order chi connectivity index (χ1) is 8.78. The molecule has 6 heteroatoms. The van der Waals surface area contributed by atoms with E-state index in [1.165, 1.54) is 0 Å². The molecule has 0 amide bonds. The van der Waals surface area contributed by atoms with E-state index in [4.69, 9.17) is 16.3 Å². The fourth-order valence-corrected chi connectivity index (χ4v) is 2.13. The van der Waals surface area contributed by atoms with Gasteiger partial charge in [0, 0.05) is 18.7 Å². The summed E-state index contributed by atoms with van der Waals surface area (Å²) in [6.07, 6.45) is 1.95. The van der Waals surface area contributed by atoms with Crippen molar-refractivity contribution >= 4 is 11.6 Å². The first-order valence-electron chi connectivity index (χ1n) is 5.74. The Morgan fingerprint density at radius 2 is 2.28 bits per heavy atom. The Morgan fingerprint density at radius 1 is 1.44 bits per heavy atom. The third kappa shape index (κ3) is 1.95. The lowest BCUT2D eigenvalue weighted by Crippen LogP contribution is -2.43. The van der Waals surface area contributed by atoms with Gasteiger partial charge in [0.15, 0.2) is 0 Å². The van der Waals surface area contributed by atoms with Crippen LogP contribution in [0.3, 0.4) is 0 Å². The maximum atomic E-state index is 6.10. The van der Waals surface area contributed by atoms with Crippen LogP contribution in [0.25, 0.3) is 11.3 Å². The highest BCUT2D eigenvalue weighted by Crippen LogP contribution is 2.29. The van der Waals surface area contributed by atoms with Gasteiger partial charge in [-0.2, -0.15) is 0 Å². The molecule has 1 N–H and O–H groups in total. The zero-order valence-electron chi connectivity index (χ0n) is 9.93. The normalized spacial score (nSPS) is 15.4. The number of halogens is 1. The Morgan fingerprint density at radius 3 is 2.89 bits per heavy atom. The molecular weight excluding hydrogens is 252 g/mol. The Labute approximate surface area is 110 Å². The van der Waals surface area contributed by atoms with E-state index in [-0.39, 0.29) is 0 Å². The quantitative estimate of drug-likeness (QED) is 0.918. The molecular formula is C12H13ClN4O. The Bertz CT molecular complexity index is 565. The van der Waals surface area contributed by atoms with Crippen molar-refractivity contribution in [2.24, 2.45) is 0 Å². The molecule has 3 rings (SSSR count). The molecule has 0 saturated carbocycles. The molecule has 2 heterocycles. The average molecular weight is 265 g/mol. The van der Waals surface area contributed by atoms with Gasteiger partial charge in [0.1, 0.15) is 11.4 Å². The minimum atomic E-state index is 0.417. The fraction of sp³-hybridized carbons (Fsp3) is 0.333. The number of rotatable bonds is 3. The summed E-state index contributed by atoms with van der Waals surface area (Å²) in [7, 11) is 1.60. The lowest BCUT2D eigenvalue weighted by Gasteiger charge is -2.26. The van der Waals surface area contributed by atoms with Gasteiger partial charge in [-0.1, -0.05) is 16.8 Å². The highest BCUT2D eigenvalue weighted by atomic mass is 35.5. The van der Waals surface area contributed by atoms with Gasteiger partial charge in [-0.25, -0.2) is 4.68 Å². The summed E-state index contributed by atoms with van der Waals surface area (Å²) in [6, 6.07) is 6.02. The minimum absolute atomic E-state index is 0.417. The summed E-state index contributed by atoms with van der Waals surface area (Å²) in [5.41, 5.74) is 1.77. The molecule has 1 saturated heterocycles. The molecule has 1 aromatic heterocycles. The smallest absolute Gasteiger partial charge is 0.137 e. The maximum Gasteiger partial charge on any atom is 0.137 e. The number of hydrogen-bond acceptors (Lipinski definition) is 4. The number of hydrogen-bond donors (Lipinski definition) is 1. The third-order valence-electron chi connectivity index (χ3n) is 3.09. The molecule has 2 aromatic rings. The van der Waals surface area contributed by atoms with Crippen molar-refractivity contribution in [3.05, 3.63) is 29.4 Å². The minimum Gasteiger partial charge on any atom is -0.495 e. The molecule has 1 fully saturated rings. The molecule has 18 heavy (non-hydrogen) atoms. The first kappa shape index (κ1) is 11.5. The van der Waals surface area contributed by atoms with Gasteiger partial charge in [-0.05, 0) is 18.2 Å². The monoisotopic (exact) mass is 264 g/mol. The van der Waals surface area contributed by atoms with Crippen molar-refractivity contribution in [2.45, 2.75) is 6.04 Å². The standard InChI is InChI=1S/C12H13ClN4O/c1-18-12-3-2-8(4-10(12)13)11-7-17(16-15-11)9-5-14-6-9/h2-4,7,9,14H,5-6H2,1H3.